The third-order valence-electron chi connectivity index (χ3n) is 3.47. The maximum atomic E-state index is 11.5. The van der Waals surface area contributed by atoms with Gasteiger partial charge in [0.25, 0.3) is 0 Å². The van der Waals surface area contributed by atoms with Crippen LogP contribution in [0.15, 0.2) is 5.10 Å². The van der Waals surface area contributed by atoms with Gasteiger partial charge in [-0.05, 0) is 19.3 Å². The van der Waals surface area contributed by atoms with Crippen LogP contribution in [-0.2, 0) is 4.79 Å². The van der Waals surface area contributed by atoms with Crippen LogP contribution in [0.25, 0.3) is 0 Å². The maximum absolute atomic E-state index is 11.5. The number of hydrogen-bond donors (Lipinski definition) is 1. The van der Waals surface area contributed by atoms with Crippen LogP contribution >= 0.6 is 0 Å². The van der Waals surface area contributed by atoms with Crippen LogP contribution in [-0.4, -0.2) is 12.1 Å². The molecule has 0 atom stereocenters. The molecule has 1 N–H and O–H groups in total. The van der Waals surface area contributed by atoms with E-state index < -0.39 is 0 Å². The quantitative estimate of drug-likeness (QED) is 0.265. The van der Waals surface area contributed by atoms with E-state index in [9.17, 15) is 4.79 Å². The zero-order valence-electron chi connectivity index (χ0n) is 13.6. The smallest absolute Gasteiger partial charge is 0.240 e. The number of amides is 1. The number of carbonyl (C=O) groups is 1. The molecule has 20 heavy (non-hydrogen) atoms. The maximum Gasteiger partial charge on any atom is 0.240 e. The Morgan fingerprint density at radius 1 is 0.850 bits per heavy atom. The van der Waals surface area contributed by atoms with Gasteiger partial charge in [-0.1, -0.05) is 71.6 Å². The lowest BCUT2D eigenvalue weighted by atomic mass is 10.1. The van der Waals surface area contributed by atoms with Crippen LogP contribution in [0.5, 0.6) is 0 Å². The van der Waals surface area contributed by atoms with Gasteiger partial charge in [0.1, 0.15) is 0 Å². The van der Waals surface area contributed by atoms with Crippen LogP contribution in [0.4, 0.5) is 0 Å². The van der Waals surface area contributed by atoms with Crippen molar-refractivity contribution in [2.75, 3.05) is 0 Å². The van der Waals surface area contributed by atoms with Gasteiger partial charge in [0.2, 0.25) is 5.91 Å². The Morgan fingerprint density at radius 3 is 2.00 bits per heavy atom. The first-order valence-electron chi connectivity index (χ1n) is 8.61. The molecule has 118 valence electrons. The molecule has 0 saturated carbocycles. The van der Waals surface area contributed by atoms with Gasteiger partial charge in [0.05, 0.1) is 0 Å². The van der Waals surface area contributed by atoms with Gasteiger partial charge >= 0.3 is 0 Å². The summed E-state index contributed by atoms with van der Waals surface area (Å²) in [6.07, 6.45) is 17.2. The lowest BCUT2D eigenvalue weighted by Gasteiger charge is -2.02. The van der Waals surface area contributed by atoms with Gasteiger partial charge in [-0.15, -0.1) is 0 Å². The van der Waals surface area contributed by atoms with E-state index in [4.69, 9.17) is 0 Å². The van der Waals surface area contributed by atoms with Crippen LogP contribution in [0.3, 0.4) is 0 Å². The highest BCUT2D eigenvalue weighted by Gasteiger charge is 1.99. The Labute approximate surface area is 125 Å². The van der Waals surface area contributed by atoms with Gasteiger partial charge in [0.15, 0.2) is 0 Å². The fourth-order valence-electron chi connectivity index (χ4n) is 2.13. The molecule has 0 aliphatic heterocycles. The second-order valence-electron chi connectivity index (χ2n) is 5.57. The minimum atomic E-state index is 0.0562. The normalized spacial score (nSPS) is 11.1. The summed E-state index contributed by atoms with van der Waals surface area (Å²) >= 11 is 0. The summed E-state index contributed by atoms with van der Waals surface area (Å²) in [7, 11) is 0. The molecular formula is C17H34N2O. The highest BCUT2D eigenvalue weighted by atomic mass is 16.2. The van der Waals surface area contributed by atoms with Crippen LogP contribution < -0.4 is 5.43 Å². The molecule has 0 aromatic heterocycles. The van der Waals surface area contributed by atoms with Crippen molar-refractivity contribution in [2.45, 2.75) is 97.3 Å². The molecule has 0 rings (SSSR count). The molecule has 0 unspecified atom stereocenters. The van der Waals surface area contributed by atoms with Crippen molar-refractivity contribution in [3.8, 4) is 0 Å². The fourth-order valence-corrected chi connectivity index (χ4v) is 2.13. The first-order chi connectivity index (χ1) is 9.81. The minimum Gasteiger partial charge on any atom is -0.273 e. The Morgan fingerprint density at radius 2 is 1.40 bits per heavy atom. The van der Waals surface area contributed by atoms with Crippen molar-refractivity contribution in [1.29, 1.82) is 0 Å². The third kappa shape index (κ3) is 15.2. The molecule has 3 nitrogen and oxygen atoms in total. The average Bonchev–Trinajstić information content (AvgIpc) is 2.45. The molecule has 0 saturated heterocycles. The topological polar surface area (TPSA) is 41.5 Å². The Bertz CT molecular complexity index is 239. The second-order valence-corrected chi connectivity index (χ2v) is 5.57. The Hall–Kier alpha value is -0.860. The standard InChI is InChI=1S/C17H34N2O/c1-3-5-7-8-9-10-11-12-13-15-17(20)19-18-16-14-6-4-2/h16H,3-15H2,1-2H3,(H,19,20)/b18-16+. The fraction of sp³-hybridized carbons (Fsp3) is 0.882. The van der Waals surface area contributed by atoms with Crippen LogP contribution in [0.1, 0.15) is 97.3 Å². The molecule has 3 heteroatoms. The SMILES string of the molecule is CCCC/C=N/NC(=O)CCCCCCCCCCC. The summed E-state index contributed by atoms with van der Waals surface area (Å²) in [5, 5.41) is 3.94. The van der Waals surface area contributed by atoms with E-state index in [1.807, 2.05) is 0 Å². The number of unbranched alkanes of at least 4 members (excludes halogenated alkanes) is 10. The monoisotopic (exact) mass is 282 g/mol. The van der Waals surface area contributed by atoms with Crippen molar-refractivity contribution in [3.05, 3.63) is 0 Å². The third-order valence-corrected chi connectivity index (χ3v) is 3.47. The molecule has 0 aromatic rings. The predicted molar refractivity (Wildman–Crippen MR) is 88.0 cm³/mol. The van der Waals surface area contributed by atoms with E-state index in [1.165, 1.54) is 57.8 Å². The van der Waals surface area contributed by atoms with Crippen molar-refractivity contribution < 1.29 is 4.79 Å². The van der Waals surface area contributed by atoms with E-state index in [0.29, 0.717) is 6.42 Å². The molecule has 0 radical (unpaired) electrons. The van der Waals surface area contributed by atoms with Crippen LogP contribution in [0, 0.1) is 0 Å². The first-order valence-corrected chi connectivity index (χ1v) is 8.61. The van der Waals surface area contributed by atoms with Gasteiger partial charge in [-0.2, -0.15) is 5.10 Å². The number of nitrogens with one attached hydrogen (secondary N) is 1. The molecule has 0 bridgehead atoms. The van der Waals surface area contributed by atoms with Gasteiger partial charge in [0, 0.05) is 12.6 Å². The predicted octanol–water partition coefficient (Wildman–Crippen LogP) is 5.20. The minimum absolute atomic E-state index is 0.0562. The van der Waals surface area contributed by atoms with E-state index >= 15 is 0 Å². The van der Waals surface area contributed by atoms with Crippen molar-refractivity contribution in [2.24, 2.45) is 5.10 Å². The Balaban J connectivity index is 3.21. The summed E-state index contributed by atoms with van der Waals surface area (Å²) in [4.78, 5) is 11.5. The van der Waals surface area contributed by atoms with Gasteiger partial charge in [-0.3, -0.25) is 4.79 Å². The van der Waals surface area contributed by atoms with E-state index in [1.54, 1.807) is 6.21 Å². The lowest BCUT2D eigenvalue weighted by molar-refractivity contribution is -0.121. The zero-order chi connectivity index (χ0) is 14.9. The van der Waals surface area contributed by atoms with Crippen LogP contribution in [0.2, 0.25) is 0 Å². The largest absolute Gasteiger partial charge is 0.273 e. The summed E-state index contributed by atoms with van der Waals surface area (Å²) in [5.74, 6) is 0.0562. The van der Waals surface area contributed by atoms with Gasteiger partial charge in [-0.25, -0.2) is 5.43 Å². The van der Waals surface area contributed by atoms with Gasteiger partial charge < -0.3 is 0 Å². The number of carbonyl (C=O) groups excluding carboxylic acids is 1. The molecule has 0 heterocycles. The number of rotatable bonds is 14. The molecule has 0 aliphatic rings. The average molecular weight is 282 g/mol. The van der Waals surface area contributed by atoms with E-state index in [-0.39, 0.29) is 5.91 Å². The highest BCUT2D eigenvalue weighted by Crippen LogP contribution is 2.10. The highest BCUT2D eigenvalue weighted by molar-refractivity contribution is 5.76. The molecule has 0 spiro atoms. The lowest BCUT2D eigenvalue weighted by Crippen LogP contribution is -2.16. The second kappa shape index (κ2) is 16.2. The van der Waals surface area contributed by atoms with Crippen molar-refractivity contribution in [3.63, 3.8) is 0 Å². The Kier molecular flexibility index (Phi) is 15.5. The summed E-state index contributed by atoms with van der Waals surface area (Å²) < 4.78 is 0. The number of nitrogens with zero attached hydrogens (tertiary/aromatic N) is 1. The van der Waals surface area contributed by atoms with E-state index in [0.717, 1.165) is 19.3 Å². The molecule has 0 aliphatic carbocycles. The first kappa shape index (κ1) is 19.1. The zero-order valence-corrected chi connectivity index (χ0v) is 13.6. The number of hydrazone groups is 1. The molecule has 1 amide bonds. The van der Waals surface area contributed by atoms with E-state index in [2.05, 4.69) is 24.4 Å². The number of hydrogen-bond acceptors (Lipinski definition) is 2. The molecule has 0 aromatic carbocycles. The van der Waals surface area contributed by atoms with Crippen molar-refractivity contribution >= 4 is 12.1 Å². The summed E-state index contributed by atoms with van der Waals surface area (Å²) in [5.41, 5.74) is 2.60. The molecular weight excluding hydrogens is 248 g/mol. The summed E-state index contributed by atoms with van der Waals surface area (Å²) in [6.45, 7) is 4.40. The molecule has 0 fully saturated rings. The summed E-state index contributed by atoms with van der Waals surface area (Å²) in [6, 6.07) is 0. The van der Waals surface area contributed by atoms with Crippen molar-refractivity contribution in [1.82, 2.24) is 5.43 Å².